The summed E-state index contributed by atoms with van der Waals surface area (Å²) in [5.74, 6) is 3.15. The Morgan fingerprint density at radius 2 is 1.96 bits per heavy atom. The molecule has 0 saturated carbocycles. The van der Waals surface area contributed by atoms with Gasteiger partial charge in [-0.2, -0.15) is 0 Å². The maximum atomic E-state index is 12.8. The molecular weight excluding hydrogens is 354 g/mol. The Hall–Kier alpha value is -2.41. The molecule has 4 rings (SSSR count). The highest BCUT2D eigenvalue weighted by Gasteiger charge is 2.30. The van der Waals surface area contributed by atoms with Crippen molar-refractivity contribution in [3.05, 3.63) is 41.5 Å². The van der Waals surface area contributed by atoms with Gasteiger partial charge < -0.3 is 14.2 Å². The fourth-order valence-corrected chi connectivity index (χ4v) is 4.28. The normalized spacial score (nSPS) is 20.1. The van der Waals surface area contributed by atoms with Crippen LogP contribution in [0.15, 0.2) is 24.3 Å². The number of aryl methyl sites for hydroxylation is 1. The van der Waals surface area contributed by atoms with E-state index < -0.39 is 0 Å². The molecule has 1 unspecified atom stereocenters. The highest BCUT2D eigenvalue weighted by molar-refractivity contribution is 5.76. The molecule has 1 aromatic heterocycles. The highest BCUT2D eigenvalue weighted by Crippen LogP contribution is 2.30. The van der Waals surface area contributed by atoms with E-state index in [1.165, 1.54) is 6.42 Å². The lowest BCUT2D eigenvalue weighted by molar-refractivity contribution is -0.131. The first-order valence-corrected chi connectivity index (χ1v) is 10.2. The van der Waals surface area contributed by atoms with E-state index in [0.717, 1.165) is 68.4 Å². The first-order chi connectivity index (χ1) is 13.7. The number of ether oxygens (including phenoxy) is 1. The molecule has 2 aliphatic rings. The number of hydrogen-bond donors (Lipinski definition) is 0. The van der Waals surface area contributed by atoms with E-state index in [9.17, 15) is 4.79 Å². The lowest BCUT2D eigenvalue weighted by atomic mass is 10.1. The minimum Gasteiger partial charge on any atom is -0.497 e. The van der Waals surface area contributed by atoms with Crippen molar-refractivity contribution in [1.82, 2.24) is 24.6 Å². The third-order valence-electron chi connectivity index (χ3n) is 6.01. The number of aromatic nitrogens is 3. The molecule has 2 aromatic rings. The monoisotopic (exact) mass is 383 g/mol. The summed E-state index contributed by atoms with van der Waals surface area (Å²) in [6.45, 7) is 3.36. The molecule has 0 N–H and O–H groups in total. The predicted molar refractivity (Wildman–Crippen MR) is 106 cm³/mol. The number of benzene rings is 1. The number of fused-ring (bicyclic) bond motifs is 1. The molecule has 2 aliphatic heterocycles. The molecule has 0 aliphatic carbocycles. The van der Waals surface area contributed by atoms with Gasteiger partial charge in [0, 0.05) is 32.5 Å². The van der Waals surface area contributed by atoms with E-state index in [1.807, 2.05) is 29.2 Å². The Balaban J connectivity index is 1.35. The quantitative estimate of drug-likeness (QED) is 0.791. The van der Waals surface area contributed by atoms with Gasteiger partial charge in [-0.15, -0.1) is 10.2 Å². The van der Waals surface area contributed by atoms with Crippen molar-refractivity contribution >= 4 is 5.91 Å². The van der Waals surface area contributed by atoms with E-state index in [1.54, 1.807) is 7.11 Å². The smallest absolute Gasteiger partial charge is 0.222 e. The Labute approximate surface area is 166 Å². The standard InChI is InChI=1S/C21H29N5O2/c1-24-12-3-4-18(24)21-23-22-19-11-13-25(14-15-26(19)21)20(27)10-7-16-5-8-17(28-2)9-6-16/h5-6,8-9,18H,3-4,7,10-15H2,1-2H3. The zero-order valence-corrected chi connectivity index (χ0v) is 16.8. The van der Waals surface area contributed by atoms with Crippen LogP contribution < -0.4 is 4.74 Å². The first kappa shape index (κ1) is 18.9. The molecule has 0 spiro atoms. The molecule has 28 heavy (non-hydrogen) atoms. The third-order valence-corrected chi connectivity index (χ3v) is 6.01. The molecule has 3 heterocycles. The summed E-state index contributed by atoms with van der Waals surface area (Å²) >= 11 is 0. The Kier molecular flexibility index (Phi) is 5.62. The Bertz CT molecular complexity index is 817. The van der Waals surface area contributed by atoms with Crippen molar-refractivity contribution < 1.29 is 9.53 Å². The van der Waals surface area contributed by atoms with Crippen LogP contribution in [0, 0.1) is 0 Å². The molecule has 1 amide bonds. The van der Waals surface area contributed by atoms with Gasteiger partial charge >= 0.3 is 0 Å². The second-order valence-corrected chi connectivity index (χ2v) is 7.74. The van der Waals surface area contributed by atoms with E-state index in [-0.39, 0.29) is 5.91 Å². The van der Waals surface area contributed by atoms with Crippen molar-refractivity contribution in [2.24, 2.45) is 0 Å². The van der Waals surface area contributed by atoms with Crippen LogP contribution in [0.4, 0.5) is 0 Å². The van der Waals surface area contributed by atoms with Gasteiger partial charge in [-0.3, -0.25) is 9.69 Å². The lowest BCUT2D eigenvalue weighted by Crippen LogP contribution is -2.34. The number of hydrogen-bond acceptors (Lipinski definition) is 5. The SMILES string of the molecule is COc1ccc(CCC(=O)N2CCc3nnc(C4CCCN4C)n3CC2)cc1. The van der Waals surface area contributed by atoms with E-state index in [4.69, 9.17) is 4.74 Å². The number of methoxy groups -OCH3 is 1. The van der Waals surface area contributed by atoms with Crippen LogP contribution in [0.5, 0.6) is 5.75 Å². The van der Waals surface area contributed by atoms with Crippen LogP contribution in [-0.2, 0) is 24.2 Å². The Morgan fingerprint density at radius 1 is 1.14 bits per heavy atom. The number of amides is 1. The van der Waals surface area contributed by atoms with Gasteiger partial charge in [0.05, 0.1) is 13.2 Å². The summed E-state index contributed by atoms with van der Waals surface area (Å²) in [5.41, 5.74) is 1.16. The van der Waals surface area contributed by atoms with Gasteiger partial charge in [0.15, 0.2) is 0 Å². The predicted octanol–water partition coefficient (Wildman–Crippen LogP) is 2.07. The number of nitrogens with zero attached hydrogens (tertiary/aromatic N) is 5. The highest BCUT2D eigenvalue weighted by atomic mass is 16.5. The molecule has 1 saturated heterocycles. The third kappa shape index (κ3) is 3.90. The molecule has 7 nitrogen and oxygen atoms in total. The van der Waals surface area contributed by atoms with Crippen LogP contribution in [-0.4, -0.2) is 64.3 Å². The molecule has 7 heteroatoms. The maximum Gasteiger partial charge on any atom is 0.222 e. The summed E-state index contributed by atoms with van der Waals surface area (Å²) < 4.78 is 7.44. The van der Waals surface area contributed by atoms with Crippen molar-refractivity contribution in [3.63, 3.8) is 0 Å². The zero-order chi connectivity index (χ0) is 19.5. The fraction of sp³-hybridized carbons (Fsp3) is 0.571. The van der Waals surface area contributed by atoms with Gasteiger partial charge in [-0.25, -0.2) is 0 Å². The minimum atomic E-state index is 0.217. The van der Waals surface area contributed by atoms with Crippen LogP contribution in [0.1, 0.15) is 42.5 Å². The van der Waals surface area contributed by atoms with Crippen molar-refractivity contribution in [2.45, 2.75) is 44.7 Å². The molecule has 0 bridgehead atoms. The number of likely N-dealkylation sites (tertiary alicyclic amines) is 1. The Morgan fingerprint density at radius 3 is 2.68 bits per heavy atom. The summed E-state index contributed by atoms with van der Waals surface area (Å²) in [7, 11) is 3.82. The van der Waals surface area contributed by atoms with Crippen LogP contribution in [0.3, 0.4) is 0 Å². The van der Waals surface area contributed by atoms with Gasteiger partial charge in [0.25, 0.3) is 0 Å². The summed E-state index contributed by atoms with van der Waals surface area (Å²) in [6, 6.07) is 8.30. The second kappa shape index (κ2) is 8.31. The van der Waals surface area contributed by atoms with Gasteiger partial charge in [0.2, 0.25) is 5.91 Å². The lowest BCUT2D eigenvalue weighted by Gasteiger charge is -2.22. The van der Waals surface area contributed by atoms with Crippen molar-refractivity contribution in [2.75, 3.05) is 33.8 Å². The van der Waals surface area contributed by atoms with E-state index >= 15 is 0 Å². The summed E-state index contributed by atoms with van der Waals surface area (Å²) in [6.07, 6.45) is 4.41. The average molecular weight is 383 g/mol. The number of rotatable bonds is 5. The molecule has 1 atom stereocenters. The summed E-state index contributed by atoms with van der Waals surface area (Å²) in [5, 5.41) is 8.93. The fourth-order valence-electron chi connectivity index (χ4n) is 4.28. The average Bonchev–Trinajstić information content (AvgIpc) is 3.25. The minimum absolute atomic E-state index is 0.217. The van der Waals surface area contributed by atoms with E-state index in [0.29, 0.717) is 12.5 Å². The molecule has 1 aromatic carbocycles. The van der Waals surface area contributed by atoms with Crippen molar-refractivity contribution in [1.29, 1.82) is 0 Å². The second-order valence-electron chi connectivity index (χ2n) is 7.74. The van der Waals surface area contributed by atoms with Gasteiger partial charge in [-0.05, 0) is 50.6 Å². The van der Waals surface area contributed by atoms with E-state index in [2.05, 4.69) is 26.7 Å². The number of carbonyl (C=O) groups is 1. The maximum absolute atomic E-state index is 12.8. The molecule has 1 fully saturated rings. The van der Waals surface area contributed by atoms with Gasteiger partial charge in [-0.1, -0.05) is 12.1 Å². The number of carbonyl (C=O) groups excluding carboxylic acids is 1. The largest absolute Gasteiger partial charge is 0.497 e. The topological polar surface area (TPSA) is 63.5 Å². The molecule has 0 radical (unpaired) electrons. The molecule has 150 valence electrons. The van der Waals surface area contributed by atoms with Crippen LogP contribution >= 0.6 is 0 Å². The first-order valence-electron chi connectivity index (χ1n) is 10.2. The van der Waals surface area contributed by atoms with Crippen molar-refractivity contribution in [3.8, 4) is 5.75 Å². The van der Waals surface area contributed by atoms with Crippen LogP contribution in [0.2, 0.25) is 0 Å². The zero-order valence-electron chi connectivity index (χ0n) is 16.8. The molecular formula is C21H29N5O2. The summed E-state index contributed by atoms with van der Waals surface area (Å²) in [4.78, 5) is 17.1. The van der Waals surface area contributed by atoms with Gasteiger partial charge in [0.1, 0.15) is 17.4 Å². The van der Waals surface area contributed by atoms with Crippen LogP contribution in [0.25, 0.3) is 0 Å².